The van der Waals surface area contributed by atoms with E-state index < -0.39 is 47.0 Å². The maximum absolute atomic E-state index is 12.8. The lowest BCUT2D eigenvalue weighted by Gasteiger charge is -2.18. The summed E-state index contributed by atoms with van der Waals surface area (Å²) in [4.78, 5) is 14.0. The number of hydrogen-bond donors (Lipinski definition) is 1. The zero-order chi connectivity index (χ0) is 15.7. The summed E-state index contributed by atoms with van der Waals surface area (Å²) < 4.78 is 77.6. The van der Waals surface area contributed by atoms with Crippen LogP contribution < -0.4 is 4.74 Å². The standard InChI is InChI=1S/C9H4ClF6NO3/c10-1-3-5(7(18)19)6(8(11,12)13)4(2-17-3)20-9(14,15)16/h2H,1H2,(H,18,19). The molecule has 0 bridgehead atoms. The SMILES string of the molecule is O=C(O)c1c(CCl)ncc(OC(F)(F)F)c1C(F)(F)F. The molecule has 1 N–H and O–H groups in total. The van der Waals surface area contributed by atoms with E-state index in [1.165, 1.54) is 0 Å². The Morgan fingerprint density at radius 3 is 2.20 bits per heavy atom. The van der Waals surface area contributed by atoms with Gasteiger partial charge in [-0.2, -0.15) is 13.2 Å². The molecule has 0 saturated carbocycles. The highest BCUT2D eigenvalue weighted by atomic mass is 35.5. The average Bonchev–Trinajstić information content (AvgIpc) is 2.24. The van der Waals surface area contributed by atoms with Gasteiger partial charge in [-0.15, -0.1) is 24.8 Å². The first-order valence-corrected chi connectivity index (χ1v) is 5.15. The van der Waals surface area contributed by atoms with Crippen LogP contribution in [0.2, 0.25) is 0 Å². The van der Waals surface area contributed by atoms with Crippen molar-refractivity contribution in [2.24, 2.45) is 0 Å². The van der Waals surface area contributed by atoms with E-state index in [4.69, 9.17) is 16.7 Å². The van der Waals surface area contributed by atoms with Gasteiger partial charge in [-0.05, 0) is 0 Å². The Labute approximate surface area is 111 Å². The molecule has 0 aliphatic rings. The van der Waals surface area contributed by atoms with Crippen molar-refractivity contribution in [2.75, 3.05) is 0 Å². The third-order valence-corrected chi connectivity index (χ3v) is 2.23. The Morgan fingerprint density at radius 2 is 1.85 bits per heavy atom. The van der Waals surface area contributed by atoms with Gasteiger partial charge in [0, 0.05) is 0 Å². The number of hydrogen-bond acceptors (Lipinski definition) is 3. The lowest BCUT2D eigenvalue weighted by Crippen LogP contribution is -2.23. The number of pyridine rings is 1. The van der Waals surface area contributed by atoms with Gasteiger partial charge in [0.05, 0.1) is 23.3 Å². The van der Waals surface area contributed by atoms with Crippen molar-refractivity contribution in [1.82, 2.24) is 4.98 Å². The third-order valence-electron chi connectivity index (χ3n) is 1.97. The second-order valence-corrected chi connectivity index (χ2v) is 3.57. The first-order valence-electron chi connectivity index (χ1n) is 4.61. The predicted molar refractivity (Wildman–Crippen MR) is 52.4 cm³/mol. The van der Waals surface area contributed by atoms with Crippen LogP contribution in [0.25, 0.3) is 0 Å². The normalized spacial score (nSPS) is 12.3. The highest BCUT2D eigenvalue weighted by Gasteiger charge is 2.44. The Bertz CT molecular complexity index is 528. The van der Waals surface area contributed by atoms with Crippen LogP contribution in [0, 0.1) is 0 Å². The Hall–Kier alpha value is -1.71. The van der Waals surface area contributed by atoms with E-state index in [-0.39, 0.29) is 6.20 Å². The first kappa shape index (κ1) is 16.3. The summed E-state index contributed by atoms with van der Waals surface area (Å²) in [5, 5.41) is 8.73. The molecular weight excluding hydrogens is 320 g/mol. The number of aromatic nitrogens is 1. The van der Waals surface area contributed by atoms with Gasteiger partial charge in [-0.25, -0.2) is 4.79 Å². The molecule has 1 heterocycles. The molecule has 0 aromatic carbocycles. The average molecular weight is 324 g/mol. The molecule has 0 unspecified atom stereocenters. The molecule has 1 rings (SSSR count). The number of carboxylic acids is 1. The van der Waals surface area contributed by atoms with Gasteiger partial charge in [0.15, 0.2) is 5.75 Å². The summed E-state index contributed by atoms with van der Waals surface area (Å²) in [7, 11) is 0. The monoisotopic (exact) mass is 323 g/mol. The minimum atomic E-state index is -5.43. The molecule has 11 heteroatoms. The van der Waals surface area contributed by atoms with Gasteiger partial charge in [0.1, 0.15) is 5.56 Å². The number of carboxylic acid groups (broad SMARTS) is 1. The van der Waals surface area contributed by atoms with Crippen molar-refractivity contribution in [3.8, 4) is 5.75 Å². The molecule has 0 aliphatic heterocycles. The van der Waals surface area contributed by atoms with E-state index in [9.17, 15) is 31.1 Å². The molecule has 0 saturated heterocycles. The molecule has 4 nitrogen and oxygen atoms in total. The maximum atomic E-state index is 12.8. The van der Waals surface area contributed by atoms with Crippen LogP contribution >= 0.6 is 11.6 Å². The van der Waals surface area contributed by atoms with Gasteiger partial charge in [0.25, 0.3) is 0 Å². The summed E-state index contributed by atoms with van der Waals surface area (Å²) in [6.45, 7) is 0. The summed E-state index contributed by atoms with van der Waals surface area (Å²) in [6.07, 6.45) is -10.7. The summed E-state index contributed by atoms with van der Waals surface area (Å²) >= 11 is 5.23. The van der Waals surface area contributed by atoms with Crippen molar-refractivity contribution < 1.29 is 41.0 Å². The smallest absolute Gasteiger partial charge is 0.478 e. The number of alkyl halides is 7. The Kier molecular flexibility index (Phi) is 4.37. The fourth-order valence-electron chi connectivity index (χ4n) is 1.35. The minimum absolute atomic E-state index is 0.125. The number of nitrogens with zero attached hydrogens (tertiary/aromatic N) is 1. The van der Waals surface area contributed by atoms with Gasteiger partial charge < -0.3 is 9.84 Å². The fraction of sp³-hybridized carbons (Fsp3) is 0.333. The second kappa shape index (κ2) is 5.35. The molecule has 0 aliphatic carbocycles. The van der Waals surface area contributed by atoms with Crippen LogP contribution in [0.3, 0.4) is 0 Å². The van der Waals surface area contributed by atoms with Crippen LogP contribution in [0.1, 0.15) is 21.6 Å². The molecule has 0 radical (unpaired) electrons. The van der Waals surface area contributed by atoms with Crippen molar-refractivity contribution in [3.63, 3.8) is 0 Å². The largest absolute Gasteiger partial charge is 0.573 e. The lowest BCUT2D eigenvalue weighted by atomic mass is 10.1. The van der Waals surface area contributed by atoms with Crippen LogP contribution in [0.15, 0.2) is 6.20 Å². The highest BCUT2D eigenvalue weighted by molar-refractivity contribution is 6.17. The van der Waals surface area contributed by atoms with Crippen LogP contribution in [-0.2, 0) is 12.1 Å². The number of carbonyl (C=O) groups is 1. The molecule has 0 fully saturated rings. The zero-order valence-electron chi connectivity index (χ0n) is 9.14. The first-order chi connectivity index (χ1) is 8.97. The number of aromatic carboxylic acids is 1. The molecule has 0 atom stereocenters. The van der Waals surface area contributed by atoms with E-state index >= 15 is 0 Å². The van der Waals surface area contributed by atoms with Crippen LogP contribution in [0.5, 0.6) is 5.75 Å². The molecule has 1 aromatic heterocycles. The zero-order valence-corrected chi connectivity index (χ0v) is 9.90. The van der Waals surface area contributed by atoms with Crippen molar-refractivity contribution in [2.45, 2.75) is 18.4 Å². The minimum Gasteiger partial charge on any atom is -0.478 e. The van der Waals surface area contributed by atoms with E-state index in [1.54, 1.807) is 0 Å². The van der Waals surface area contributed by atoms with Crippen LogP contribution in [-0.4, -0.2) is 22.4 Å². The molecule has 1 aromatic rings. The second-order valence-electron chi connectivity index (χ2n) is 3.30. The fourth-order valence-corrected chi connectivity index (χ4v) is 1.55. The van der Waals surface area contributed by atoms with Crippen molar-refractivity contribution >= 4 is 17.6 Å². The molecule has 20 heavy (non-hydrogen) atoms. The Balaban J connectivity index is 3.62. The molecular formula is C9H4ClF6NO3. The van der Waals surface area contributed by atoms with E-state index in [0.29, 0.717) is 0 Å². The molecule has 112 valence electrons. The van der Waals surface area contributed by atoms with E-state index in [2.05, 4.69) is 9.72 Å². The van der Waals surface area contributed by atoms with Crippen molar-refractivity contribution in [1.29, 1.82) is 0 Å². The number of ether oxygens (including phenoxy) is 1. The summed E-state index contributed by atoms with van der Waals surface area (Å²) in [5.41, 5.74) is -4.29. The van der Waals surface area contributed by atoms with Crippen LogP contribution in [0.4, 0.5) is 26.3 Å². The van der Waals surface area contributed by atoms with Gasteiger partial charge in [-0.1, -0.05) is 0 Å². The van der Waals surface area contributed by atoms with Crippen molar-refractivity contribution in [3.05, 3.63) is 23.0 Å². The van der Waals surface area contributed by atoms with Gasteiger partial charge in [-0.3, -0.25) is 4.98 Å². The maximum Gasteiger partial charge on any atom is 0.573 e. The molecule has 0 spiro atoms. The number of halogens is 7. The quantitative estimate of drug-likeness (QED) is 0.684. The van der Waals surface area contributed by atoms with E-state index in [1.807, 2.05) is 0 Å². The molecule has 0 amide bonds. The number of rotatable bonds is 3. The Morgan fingerprint density at radius 1 is 1.30 bits per heavy atom. The lowest BCUT2D eigenvalue weighted by molar-refractivity contribution is -0.276. The summed E-state index contributed by atoms with van der Waals surface area (Å²) in [5.74, 6) is -4.60. The summed E-state index contributed by atoms with van der Waals surface area (Å²) in [6, 6.07) is 0. The highest BCUT2D eigenvalue weighted by Crippen LogP contribution is 2.41. The van der Waals surface area contributed by atoms with Gasteiger partial charge >= 0.3 is 18.5 Å². The predicted octanol–water partition coefficient (Wildman–Crippen LogP) is 3.44. The topological polar surface area (TPSA) is 59.4 Å². The third kappa shape index (κ3) is 3.65. The van der Waals surface area contributed by atoms with E-state index in [0.717, 1.165) is 0 Å². The van der Waals surface area contributed by atoms with Gasteiger partial charge in [0.2, 0.25) is 0 Å².